The monoisotopic (exact) mass is 770 g/mol. The van der Waals surface area contributed by atoms with E-state index in [1.54, 1.807) is 7.11 Å². The minimum absolute atomic E-state index is 0.0761. The second kappa shape index (κ2) is 13.2. The summed E-state index contributed by atoms with van der Waals surface area (Å²) in [5.41, 5.74) is 4.33. The number of anilines is 1. The zero-order chi connectivity index (χ0) is 34.5. The normalized spacial score (nSPS) is 24.7. The van der Waals surface area contributed by atoms with Crippen molar-refractivity contribution in [3.63, 3.8) is 0 Å². The smallest absolute Gasteiger partial charge is 0.264 e. The highest BCUT2D eigenvalue weighted by Crippen LogP contribution is 2.60. The molecule has 0 unspecified atom stereocenters. The van der Waals surface area contributed by atoms with Gasteiger partial charge in [0.05, 0.1) is 44.5 Å². The molecule has 254 valence electrons. The standard InChI is InChI=1S/C41H43IN2O5/c1-26-38(40(2,3)30-15-19-33(48-4)20-16-30)36(22-37(46)43-24-29-10-6-5-9-28(29)21-32(43)25-45)49-41(26)34-11-7-8-12-35(34)44(39(41)47)23-27-13-17-31(42)18-14-27/h5-20,26,32,36,38,45H,21-25H2,1-4H3/t26-,32+,36+,38-,41+/m1/s1. The van der Waals surface area contributed by atoms with Crippen molar-refractivity contribution in [3.05, 3.63) is 128 Å². The summed E-state index contributed by atoms with van der Waals surface area (Å²) in [6.45, 7) is 7.25. The number of para-hydroxylation sites is 1. The Kier molecular flexibility index (Phi) is 9.09. The number of benzene rings is 4. The van der Waals surface area contributed by atoms with Gasteiger partial charge in [-0.2, -0.15) is 0 Å². The summed E-state index contributed by atoms with van der Waals surface area (Å²) in [5.74, 6) is 0.126. The first-order valence-corrected chi connectivity index (χ1v) is 18.1. The fourth-order valence-electron chi connectivity index (χ4n) is 8.73. The lowest BCUT2D eigenvalue weighted by atomic mass is 9.63. The van der Waals surface area contributed by atoms with E-state index in [0.717, 1.165) is 42.8 Å². The second-order valence-electron chi connectivity index (χ2n) is 14.2. The molecular weight excluding hydrogens is 727 g/mol. The molecule has 8 heteroatoms. The Hall–Kier alpha value is -3.73. The third kappa shape index (κ3) is 5.75. The first kappa shape index (κ1) is 33.8. The molecule has 4 aromatic rings. The molecule has 1 fully saturated rings. The third-order valence-electron chi connectivity index (χ3n) is 11.3. The van der Waals surface area contributed by atoms with E-state index in [1.165, 1.54) is 0 Å². The van der Waals surface area contributed by atoms with Crippen LogP contribution in [0, 0.1) is 15.4 Å². The first-order chi connectivity index (χ1) is 23.6. The van der Waals surface area contributed by atoms with Crippen LogP contribution >= 0.6 is 22.6 Å². The number of rotatable bonds is 8. The van der Waals surface area contributed by atoms with E-state index in [0.29, 0.717) is 19.5 Å². The number of aliphatic hydroxyl groups is 1. The number of nitrogens with zero attached hydrogens (tertiary/aromatic N) is 2. The van der Waals surface area contributed by atoms with Crippen molar-refractivity contribution >= 4 is 40.1 Å². The van der Waals surface area contributed by atoms with E-state index in [9.17, 15) is 14.7 Å². The van der Waals surface area contributed by atoms with Gasteiger partial charge in [0, 0.05) is 27.5 Å². The number of amides is 2. The number of hydrogen-bond acceptors (Lipinski definition) is 5. The summed E-state index contributed by atoms with van der Waals surface area (Å²) < 4.78 is 13.8. The molecule has 7 rings (SSSR count). The van der Waals surface area contributed by atoms with Crippen molar-refractivity contribution in [3.8, 4) is 5.75 Å². The number of carbonyl (C=O) groups excluding carboxylic acids is 2. The Morgan fingerprint density at radius 2 is 1.65 bits per heavy atom. The lowest BCUT2D eigenvalue weighted by Gasteiger charge is -2.40. The molecule has 1 saturated heterocycles. The fourth-order valence-corrected chi connectivity index (χ4v) is 9.09. The van der Waals surface area contributed by atoms with Crippen LogP contribution in [-0.2, 0) is 44.9 Å². The van der Waals surface area contributed by atoms with Gasteiger partial charge in [0.2, 0.25) is 5.91 Å². The van der Waals surface area contributed by atoms with Crippen LogP contribution in [0.4, 0.5) is 5.69 Å². The van der Waals surface area contributed by atoms with E-state index in [-0.39, 0.29) is 42.7 Å². The predicted molar refractivity (Wildman–Crippen MR) is 198 cm³/mol. The SMILES string of the molecule is COc1ccc(C(C)(C)[C@H]2[C@H](CC(=O)N3Cc4ccccc4C[C@H]3CO)O[C@@]3(C(=O)N(Cc4ccc(I)cc4)c4ccccc43)[C@@H]2C)cc1. The molecule has 5 atom stereocenters. The number of ether oxygens (including phenoxy) is 2. The average molecular weight is 771 g/mol. The van der Waals surface area contributed by atoms with Gasteiger partial charge >= 0.3 is 0 Å². The Bertz CT molecular complexity index is 1860. The van der Waals surface area contributed by atoms with Crippen LogP contribution in [0.3, 0.4) is 0 Å². The van der Waals surface area contributed by atoms with Crippen LogP contribution in [0.5, 0.6) is 5.75 Å². The summed E-state index contributed by atoms with van der Waals surface area (Å²) in [7, 11) is 1.65. The molecule has 3 heterocycles. The minimum Gasteiger partial charge on any atom is -0.497 e. The van der Waals surface area contributed by atoms with Crippen LogP contribution < -0.4 is 9.64 Å². The lowest BCUT2D eigenvalue weighted by Crippen LogP contribution is -2.48. The Labute approximate surface area is 302 Å². The Morgan fingerprint density at radius 1 is 0.980 bits per heavy atom. The van der Waals surface area contributed by atoms with Crippen LogP contribution in [0.15, 0.2) is 97.1 Å². The fraction of sp³-hybridized carbons (Fsp3) is 0.366. The molecule has 1 N–H and O–H groups in total. The van der Waals surface area contributed by atoms with E-state index in [2.05, 4.69) is 91.9 Å². The number of carbonyl (C=O) groups is 2. The molecule has 0 aromatic heterocycles. The first-order valence-electron chi connectivity index (χ1n) is 17.0. The van der Waals surface area contributed by atoms with Gasteiger partial charge in [-0.3, -0.25) is 9.59 Å². The summed E-state index contributed by atoms with van der Waals surface area (Å²) >= 11 is 2.29. The Morgan fingerprint density at radius 3 is 2.35 bits per heavy atom. The zero-order valence-corrected chi connectivity index (χ0v) is 30.6. The van der Waals surface area contributed by atoms with Crippen molar-refractivity contribution in [2.24, 2.45) is 11.8 Å². The van der Waals surface area contributed by atoms with Crippen molar-refractivity contribution in [2.45, 2.75) is 69.9 Å². The van der Waals surface area contributed by atoms with Gasteiger partial charge in [0.25, 0.3) is 5.91 Å². The van der Waals surface area contributed by atoms with Crippen LogP contribution in [-0.4, -0.2) is 47.7 Å². The molecule has 2 amide bonds. The highest BCUT2D eigenvalue weighted by molar-refractivity contribution is 14.1. The third-order valence-corrected chi connectivity index (χ3v) is 12.0. The zero-order valence-electron chi connectivity index (χ0n) is 28.4. The van der Waals surface area contributed by atoms with Gasteiger partial charge < -0.3 is 24.4 Å². The maximum Gasteiger partial charge on any atom is 0.264 e. The van der Waals surface area contributed by atoms with E-state index >= 15 is 0 Å². The summed E-state index contributed by atoms with van der Waals surface area (Å²) in [6.07, 6.45) is 0.137. The maximum atomic E-state index is 15.0. The minimum atomic E-state index is -1.26. The molecule has 0 radical (unpaired) electrons. The molecule has 0 aliphatic carbocycles. The summed E-state index contributed by atoms with van der Waals surface area (Å²) in [5, 5.41) is 10.4. The molecule has 1 spiro atoms. The van der Waals surface area contributed by atoms with Crippen molar-refractivity contribution in [2.75, 3.05) is 18.6 Å². The molecule has 4 aromatic carbocycles. The van der Waals surface area contributed by atoms with Crippen LogP contribution in [0.2, 0.25) is 0 Å². The van der Waals surface area contributed by atoms with Gasteiger partial charge in [-0.25, -0.2) is 0 Å². The Balaban J connectivity index is 1.28. The van der Waals surface area contributed by atoms with Crippen molar-refractivity contribution in [1.82, 2.24) is 4.90 Å². The van der Waals surface area contributed by atoms with Gasteiger partial charge in [-0.05, 0) is 87.0 Å². The largest absolute Gasteiger partial charge is 0.497 e. The van der Waals surface area contributed by atoms with Crippen LogP contribution in [0.25, 0.3) is 0 Å². The molecule has 49 heavy (non-hydrogen) atoms. The molecule has 0 bridgehead atoms. The molecule has 0 saturated carbocycles. The topological polar surface area (TPSA) is 79.3 Å². The maximum absolute atomic E-state index is 15.0. The lowest BCUT2D eigenvalue weighted by molar-refractivity contribution is -0.151. The molecule has 3 aliphatic rings. The highest BCUT2D eigenvalue weighted by Gasteiger charge is 2.66. The van der Waals surface area contributed by atoms with Crippen molar-refractivity contribution < 1.29 is 24.2 Å². The van der Waals surface area contributed by atoms with Crippen molar-refractivity contribution in [1.29, 1.82) is 0 Å². The molecular formula is C41H43IN2O5. The quantitative estimate of drug-likeness (QED) is 0.195. The van der Waals surface area contributed by atoms with Gasteiger partial charge in [0.15, 0.2) is 5.60 Å². The average Bonchev–Trinajstić information content (AvgIpc) is 3.54. The van der Waals surface area contributed by atoms with E-state index in [1.807, 2.05) is 58.3 Å². The van der Waals surface area contributed by atoms with Crippen LogP contribution in [0.1, 0.15) is 55.0 Å². The molecule has 7 nitrogen and oxygen atoms in total. The summed E-state index contributed by atoms with van der Waals surface area (Å²) in [6, 6.07) is 32.1. The number of methoxy groups -OCH3 is 1. The number of fused-ring (bicyclic) bond motifs is 3. The highest BCUT2D eigenvalue weighted by atomic mass is 127. The van der Waals surface area contributed by atoms with Gasteiger partial charge in [-0.15, -0.1) is 0 Å². The number of aliphatic hydroxyl groups excluding tert-OH is 1. The predicted octanol–water partition coefficient (Wildman–Crippen LogP) is 7.01. The number of halogens is 1. The second-order valence-corrected chi connectivity index (χ2v) is 15.5. The number of hydrogen-bond donors (Lipinski definition) is 1. The van der Waals surface area contributed by atoms with Gasteiger partial charge in [-0.1, -0.05) is 87.5 Å². The van der Waals surface area contributed by atoms with Gasteiger partial charge in [0.1, 0.15) is 5.75 Å². The summed E-state index contributed by atoms with van der Waals surface area (Å²) in [4.78, 5) is 33.1. The van der Waals surface area contributed by atoms with E-state index < -0.39 is 17.1 Å². The van der Waals surface area contributed by atoms with E-state index in [4.69, 9.17) is 9.47 Å². The molecule has 3 aliphatic heterocycles.